The Morgan fingerprint density at radius 1 is 1.60 bits per heavy atom. The van der Waals surface area contributed by atoms with Crippen molar-refractivity contribution in [3.05, 3.63) is 29.8 Å². The summed E-state index contributed by atoms with van der Waals surface area (Å²) >= 11 is 1.65. The number of hydrogen-bond donors (Lipinski definition) is 1. The number of aliphatic hydroxyl groups is 1. The molecule has 2 nitrogen and oxygen atoms in total. The van der Waals surface area contributed by atoms with Crippen LogP contribution in [0, 0.1) is 5.82 Å². The third-order valence-corrected chi connectivity index (χ3v) is 3.69. The minimum absolute atomic E-state index is 0.334. The maximum atomic E-state index is 13.2. The number of nitrogens with zero attached hydrogens (tertiary/aromatic N) is 1. The average Bonchev–Trinajstić information content (AvgIpc) is 2.26. The molecule has 2 atom stereocenters. The van der Waals surface area contributed by atoms with Crippen LogP contribution in [0.5, 0.6) is 0 Å². The minimum atomic E-state index is -0.744. The molecule has 15 heavy (non-hydrogen) atoms. The standard InChI is InChI=1S/C11H16FNOS/c1-3-8(2)15-7-11(14)9-4-5-13-6-10(9)12/h4-6,8,11,14H,3,7H2,1-2H3. The van der Waals surface area contributed by atoms with Gasteiger partial charge in [-0.1, -0.05) is 13.8 Å². The van der Waals surface area contributed by atoms with E-state index in [4.69, 9.17) is 0 Å². The van der Waals surface area contributed by atoms with Crippen molar-refractivity contribution in [3.63, 3.8) is 0 Å². The Bertz CT molecular complexity index is 308. The predicted octanol–water partition coefficient (Wildman–Crippen LogP) is 2.79. The number of aromatic nitrogens is 1. The van der Waals surface area contributed by atoms with Crippen molar-refractivity contribution in [1.29, 1.82) is 0 Å². The summed E-state index contributed by atoms with van der Waals surface area (Å²) in [5.74, 6) is 0.0883. The topological polar surface area (TPSA) is 33.1 Å². The van der Waals surface area contributed by atoms with Crippen LogP contribution in [0.3, 0.4) is 0 Å². The molecule has 0 bridgehead atoms. The average molecular weight is 229 g/mol. The van der Waals surface area contributed by atoms with Crippen LogP contribution in [0.25, 0.3) is 0 Å². The van der Waals surface area contributed by atoms with Crippen molar-refractivity contribution < 1.29 is 9.50 Å². The van der Waals surface area contributed by atoms with Crippen molar-refractivity contribution in [2.24, 2.45) is 0 Å². The molecule has 1 N–H and O–H groups in total. The van der Waals surface area contributed by atoms with Gasteiger partial charge in [-0.3, -0.25) is 4.98 Å². The summed E-state index contributed by atoms with van der Waals surface area (Å²) < 4.78 is 13.2. The van der Waals surface area contributed by atoms with Crippen LogP contribution in [0.15, 0.2) is 18.5 Å². The fraction of sp³-hybridized carbons (Fsp3) is 0.545. The molecule has 0 aliphatic heterocycles. The Morgan fingerprint density at radius 3 is 2.93 bits per heavy atom. The van der Waals surface area contributed by atoms with Crippen LogP contribution in [-0.4, -0.2) is 21.1 Å². The quantitative estimate of drug-likeness (QED) is 0.842. The first-order valence-corrected chi connectivity index (χ1v) is 6.09. The number of thioether (sulfide) groups is 1. The molecule has 4 heteroatoms. The molecule has 1 rings (SSSR count). The van der Waals surface area contributed by atoms with Gasteiger partial charge in [-0.05, 0) is 12.5 Å². The Labute approximate surface area is 93.9 Å². The molecule has 0 aliphatic rings. The molecule has 0 aromatic carbocycles. The Balaban J connectivity index is 2.54. The Hall–Kier alpha value is -0.610. The van der Waals surface area contributed by atoms with E-state index < -0.39 is 11.9 Å². The molecule has 0 saturated heterocycles. The number of hydrogen-bond acceptors (Lipinski definition) is 3. The molecule has 0 fully saturated rings. The lowest BCUT2D eigenvalue weighted by Gasteiger charge is -2.13. The summed E-state index contributed by atoms with van der Waals surface area (Å²) in [7, 11) is 0. The third kappa shape index (κ3) is 3.80. The first-order valence-electron chi connectivity index (χ1n) is 5.04. The highest BCUT2D eigenvalue weighted by Crippen LogP contribution is 2.23. The fourth-order valence-electron chi connectivity index (χ4n) is 1.12. The van der Waals surface area contributed by atoms with Crippen LogP contribution in [0.2, 0.25) is 0 Å². The molecule has 0 aliphatic carbocycles. The number of aliphatic hydroxyl groups excluding tert-OH is 1. The van der Waals surface area contributed by atoms with E-state index in [1.165, 1.54) is 12.3 Å². The summed E-state index contributed by atoms with van der Waals surface area (Å²) in [6, 6.07) is 1.52. The van der Waals surface area contributed by atoms with Gasteiger partial charge in [0.05, 0.1) is 12.3 Å². The second-order valence-corrected chi connectivity index (χ2v) is 4.94. The summed E-state index contributed by atoms with van der Waals surface area (Å²) in [5.41, 5.74) is 0.334. The lowest BCUT2D eigenvalue weighted by Crippen LogP contribution is -2.06. The zero-order valence-electron chi connectivity index (χ0n) is 8.98. The largest absolute Gasteiger partial charge is 0.387 e. The first kappa shape index (κ1) is 12.5. The fourth-order valence-corrected chi connectivity index (χ4v) is 2.05. The van der Waals surface area contributed by atoms with Gasteiger partial charge in [0.1, 0.15) is 5.82 Å². The van der Waals surface area contributed by atoms with Gasteiger partial charge >= 0.3 is 0 Å². The van der Waals surface area contributed by atoms with E-state index >= 15 is 0 Å². The molecule has 1 aromatic heterocycles. The van der Waals surface area contributed by atoms with Gasteiger partial charge in [-0.25, -0.2) is 4.39 Å². The van der Waals surface area contributed by atoms with Gasteiger partial charge in [0.15, 0.2) is 0 Å². The van der Waals surface area contributed by atoms with Crippen LogP contribution < -0.4 is 0 Å². The molecule has 0 spiro atoms. The first-order chi connectivity index (χ1) is 7.15. The van der Waals surface area contributed by atoms with Gasteiger partial charge < -0.3 is 5.11 Å². The molecule has 0 saturated carbocycles. The lowest BCUT2D eigenvalue weighted by atomic mass is 10.2. The molecule has 1 aromatic rings. The van der Waals surface area contributed by atoms with E-state index in [-0.39, 0.29) is 0 Å². The maximum absolute atomic E-state index is 13.2. The minimum Gasteiger partial charge on any atom is -0.387 e. The second kappa shape index (κ2) is 6.08. The normalized spacial score (nSPS) is 14.9. The van der Waals surface area contributed by atoms with Gasteiger partial charge in [0, 0.05) is 22.8 Å². The van der Waals surface area contributed by atoms with E-state index in [9.17, 15) is 9.50 Å². The summed E-state index contributed by atoms with van der Waals surface area (Å²) in [4.78, 5) is 3.65. The second-order valence-electron chi connectivity index (χ2n) is 3.47. The van der Waals surface area contributed by atoms with E-state index in [1.54, 1.807) is 11.8 Å². The van der Waals surface area contributed by atoms with Crippen LogP contribution in [0.4, 0.5) is 4.39 Å². The van der Waals surface area contributed by atoms with E-state index in [0.29, 0.717) is 16.6 Å². The van der Waals surface area contributed by atoms with Gasteiger partial charge in [0.2, 0.25) is 0 Å². The molecule has 1 heterocycles. The SMILES string of the molecule is CCC(C)SCC(O)c1ccncc1F. The molecule has 2 unspecified atom stereocenters. The Kier molecular flexibility index (Phi) is 5.05. The van der Waals surface area contributed by atoms with E-state index in [2.05, 4.69) is 18.8 Å². The van der Waals surface area contributed by atoms with Gasteiger partial charge in [-0.2, -0.15) is 11.8 Å². The van der Waals surface area contributed by atoms with Crippen LogP contribution >= 0.6 is 11.8 Å². The highest BCUT2D eigenvalue weighted by molar-refractivity contribution is 7.99. The molecule has 84 valence electrons. The smallest absolute Gasteiger partial charge is 0.147 e. The van der Waals surface area contributed by atoms with Crippen LogP contribution in [-0.2, 0) is 0 Å². The maximum Gasteiger partial charge on any atom is 0.147 e. The molecular formula is C11H16FNOS. The summed E-state index contributed by atoms with van der Waals surface area (Å²) in [6.45, 7) is 4.19. The number of halogens is 1. The van der Waals surface area contributed by atoms with Crippen molar-refractivity contribution in [1.82, 2.24) is 4.98 Å². The Morgan fingerprint density at radius 2 is 2.33 bits per heavy atom. The van der Waals surface area contributed by atoms with Gasteiger partial charge in [0.25, 0.3) is 0 Å². The van der Waals surface area contributed by atoms with Crippen molar-refractivity contribution in [3.8, 4) is 0 Å². The van der Waals surface area contributed by atoms with E-state index in [0.717, 1.165) is 12.6 Å². The molecular weight excluding hydrogens is 213 g/mol. The number of rotatable bonds is 5. The van der Waals surface area contributed by atoms with Crippen LogP contribution in [0.1, 0.15) is 31.9 Å². The summed E-state index contributed by atoms with van der Waals surface area (Å²) in [5, 5.41) is 10.2. The lowest BCUT2D eigenvalue weighted by molar-refractivity contribution is 0.198. The molecule has 0 radical (unpaired) electrons. The number of pyridine rings is 1. The third-order valence-electron chi connectivity index (χ3n) is 2.28. The van der Waals surface area contributed by atoms with Crippen molar-refractivity contribution in [2.75, 3.05) is 5.75 Å². The predicted molar refractivity (Wildman–Crippen MR) is 61.4 cm³/mol. The zero-order chi connectivity index (χ0) is 11.3. The highest BCUT2D eigenvalue weighted by atomic mass is 32.2. The molecule has 0 amide bonds. The van der Waals surface area contributed by atoms with Gasteiger partial charge in [-0.15, -0.1) is 0 Å². The summed E-state index contributed by atoms with van der Waals surface area (Å²) in [6.07, 6.45) is 2.94. The highest BCUT2D eigenvalue weighted by Gasteiger charge is 2.13. The van der Waals surface area contributed by atoms with Crippen molar-refractivity contribution >= 4 is 11.8 Å². The van der Waals surface area contributed by atoms with Crippen molar-refractivity contribution in [2.45, 2.75) is 31.6 Å². The zero-order valence-corrected chi connectivity index (χ0v) is 9.80. The monoisotopic (exact) mass is 229 g/mol. The van der Waals surface area contributed by atoms with E-state index in [1.807, 2.05) is 0 Å².